The third kappa shape index (κ3) is 11.5. The van der Waals surface area contributed by atoms with Gasteiger partial charge in [-0.15, -0.1) is 0 Å². The Morgan fingerprint density at radius 1 is 0.683 bits per heavy atom. The Balaban J connectivity index is 1.71. The van der Waals surface area contributed by atoms with Crippen molar-refractivity contribution < 1.29 is 0 Å². The Kier molecular flexibility index (Phi) is 11.7. The predicted octanol–water partition coefficient (Wildman–Crippen LogP) is 7.21. The molecule has 0 radical (unpaired) electrons. The molecule has 5 N–H and O–H groups in total. The van der Waals surface area contributed by atoms with E-state index in [0.717, 1.165) is 44.6 Å². The lowest BCUT2D eigenvalue weighted by Crippen LogP contribution is -2.62. The molecule has 2 aliphatic heterocycles. The van der Waals surface area contributed by atoms with Crippen LogP contribution in [0.1, 0.15) is 152 Å². The summed E-state index contributed by atoms with van der Waals surface area (Å²) in [6, 6.07) is 0.606. The Hall–Kier alpha value is -1.67. The quantitative estimate of drug-likeness (QED) is 0.163. The number of nitrogens with two attached hydrogens (primary N) is 1. The highest BCUT2D eigenvalue weighted by molar-refractivity contribution is 5.44. The van der Waals surface area contributed by atoms with Crippen LogP contribution in [0.3, 0.4) is 0 Å². The van der Waals surface area contributed by atoms with Gasteiger partial charge in [0.15, 0.2) is 0 Å². The zero-order chi connectivity index (χ0) is 30.3. The Morgan fingerprint density at radius 3 is 1.66 bits per heavy atom. The molecule has 1 aromatic heterocycles. The van der Waals surface area contributed by atoms with Gasteiger partial charge in [-0.2, -0.15) is 15.0 Å². The first-order chi connectivity index (χ1) is 19.1. The smallest absolute Gasteiger partial charge is 0.232 e. The molecule has 3 heterocycles. The molecule has 8 nitrogen and oxygen atoms in total. The van der Waals surface area contributed by atoms with E-state index in [9.17, 15) is 0 Å². The van der Waals surface area contributed by atoms with Crippen LogP contribution in [0.15, 0.2) is 0 Å². The zero-order valence-corrected chi connectivity index (χ0v) is 28.1. The summed E-state index contributed by atoms with van der Waals surface area (Å²) in [6.07, 6.45) is 17.4. The molecule has 0 bridgehead atoms. The van der Waals surface area contributed by atoms with Crippen molar-refractivity contribution in [2.45, 2.75) is 186 Å². The van der Waals surface area contributed by atoms with Gasteiger partial charge in [0.25, 0.3) is 0 Å². The molecule has 2 fully saturated rings. The second-order valence-electron chi connectivity index (χ2n) is 15.8. The first-order valence-corrected chi connectivity index (χ1v) is 16.7. The van der Waals surface area contributed by atoms with Crippen molar-refractivity contribution in [2.24, 2.45) is 0 Å². The standard InChI is InChI=1S/C33H64N8/c1-10-11-12-13-14-15-16-17-18-19-20-41(26-23-32(6,7)40-33(8,9)24-26)29-37-27(34)36-28(38-29)35-25-21-30(2,3)39-31(4,5)22-25/h25-26,39-40H,10-24H2,1-9H3,(H3,34,35,36,37,38). The number of nitrogens with one attached hydrogen (secondary N) is 3. The van der Waals surface area contributed by atoms with Gasteiger partial charge in [0.05, 0.1) is 0 Å². The fraction of sp³-hybridized carbons (Fsp3) is 0.909. The Labute approximate surface area is 252 Å². The number of nitrogens with zero attached hydrogens (tertiary/aromatic N) is 4. The first kappa shape index (κ1) is 33.8. The number of piperidine rings is 2. The minimum absolute atomic E-state index is 0.0361. The zero-order valence-electron chi connectivity index (χ0n) is 28.1. The van der Waals surface area contributed by atoms with Crippen molar-refractivity contribution in [3.05, 3.63) is 0 Å². The molecular formula is C33H64N8. The average molecular weight is 573 g/mol. The van der Waals surface area contributed by atoms with Crippen LogP contribution in [-0.4, -0.2) is 55.7 Å². The molecule has 2 saturated heterocycles. The van der Waals surface area contributed by atoms with Crippen LogP contribution >= 0.6 is 0 Å². The van der Waals surface area contributed by atoms with Gasteiger partial charge in [0.2, 0.25) is 17.8 Å². The van der Waals surface area contributed by atoms with Crippen molar-refractivity contribution in [1.29, 1.82) is 0 Å². The predicted molar refractivity (Wildman–Crippen MR) is 176 cm³/mol. The van der Waals surface area contributed by atoms with Gasteiger partial charge in [-0.1, -0.05) is 64.7 Å². The number of aromatic nitrogens is 3. The van der Waals surface area contributed by atoms with Gasteiger partial charge in [0.1, 0.15) is 0 Å². The van der Waals surface area contributed by atoms with Gasteiger partial charge < -0.3 is 26.6 Å². The monoisotopic (exact) mass is 573 g/mol. The number of anilines is 3. The van der Waals surface area contributed by atoms with E-state index in [1.165, 1.54) is 57.8 Å². The van der Waals surface area contributed by atoms with Gasteiger partial charge in [0, 0.05) is 40.8 Å². The topological polar surface area (TPSA) is 104 Å². The van der Waals surface area contributed by atoms with E-state index in [-0.39, 0.29) is 28.2 Å². The van der Waals surface area contributed by atoms with Crippen LogP contribution in [0.25, 0.3) is 0 Å². The van der Waals surface area contributed by atoms with E-state index in [2.05, 4.69) is 88.1 Å². The van der Waals surface area contributed by atoms with E-state index in [1.54, 1.807) is 0 Å². The molecule has 8 heteroatoms. The molecule has 3 rings (SSSR count). The molecule has 236 valence electrons. The maximum absolute atomic E-state index is 6.34. The van der Waals surface area contributed by atoms with Crippen LogP contribution in [0, 0.1) is 0 Å². The van der Waals surface area contributed by atoms with E-state index < -0.39 is 0 Å². The maximum atomic E-state index is 6.34. The third-order valence-electron chi connectivity index (χ3n) is 8.78. The van der Waals surface area contributed by atoms with Crippen molar-refractivity contribution in [1.82, 2.24) is 25.6 Å². The highest BCUT2D eigenvalue weighted by Gasteiger charge is 2.41. The van der Waals surface area contributed by atoms with E-state index in [4.69, 9.17) is 15.7 Å². The SMILES string of the molecule is CCCCCCCCCCCCN(c1nc(N)nc(NC2CC(C)(C)NC(C)(C)C2)n1)C1CC(C)(C)NC(C)(C)C1. The normalized spacial score (nSPS) is 22.0. The Bertz CT molecular complexity index is 909. The molecule has 0 spiro atoms. The fourth-order valence-corrected chi connectivity index (χ4v) is 7.88. The molecule has 1 aromatic rings. The molecule has 0 aliphatic carbocycles. The van der Waals surface area contributed by atoms with E-state index in [0.29, 0.717) is 17.9 Å². The summed E-state index contributed by atoms with van der Waals surface area (Å²) in [5.41, 5.74) is 6.49. The highest BCUT2D eigenvalue weighted by Crippen LogP contribution is 2.34. The molecular weight excluding hydrogens is 508 g/mol. The highest BCUT2D eigenvalue weighted by atomic mass is 15.3. The summed E-state index contributed by atoms with van der Waals surface area (Å²) in [5.74, 6) is 1.62. The van der Waals surface area contributed by atoms with Crippen molar-refractivity contribution in [3.8, 4) is 0 Å². The minimum atomic E-state index is 0.0361. The number of rotatable bonds is 15. The largest absolute Gasteiger partial charge is 0.368 e. The lowest BCUT2D eigenvalue weighted by Gasteiger charge is -2.49. The average Bonchev–Trinajstić information content (AvgIpc) is 2.78. The summed E-state index contributed by atoms with van der Waals surface area (Å²) in [6.45, 7) is 21.6. The number of nitrogen functional groups attached to an aromatic ring is 1. The molecule has 2 aliphatic rings. The summed E-state index contributed by atoms with van der Waals surface area (Å²) in [5, 5.41) is 11.3. The van der Waals surface area contributed by atoms with Crippen LogP contribution < -0.4 is 26.6 Å². The van der Waals surface area contributed by atoms with Gasteiger partial charge in [-0.25, -0.2) is 0 Å². The Morgan fingerprint density at radius 2 is 1.15 bits per heavy atom. The minimum Gasteiger partial charge on any atom is -0.368 e. The molecule has 0 amide bonds. The van der Waals surface area contributed by atoms with E-state index in [1.807, 2.05) is 0 Å². The molecule has 0 saturated carbocycles. The summed E-state index contributed by atoms with van der Waals surface area (Å²) in [7, 11) is 0. The second-order valence-corrected chi connectivity index (χ2v) is 15.8. The molecule has 0 unspecified atom stereocenters. The number of unbranched alkanes of at least 4 members (excludes halogenated alkanes) is 9. The van der Waals surface area contributed by atoms with Crippen LogP contribution in [0.2, 0.25) is 0 Å². The number of hydrogen-bond acceptors (Lipinski definition) is 8. The van der Waals surface area contributed by atoms with Crippen molar-refractivity contribution in [2.75, 3.05) is 22.5 Å². The van der Waals surface area contributed by atoms with Gasteiger partial charge in [-0.3, -0.25) is 0 Å². The van der Waals surface area contributed by atoms with Crippen LogP contribution in [-0.2, 0) is 0 Å². The fourth-order valence-electron chi connectivity index (χ4n) is 7.88. The first-order valence-electron chi connectivity index (χ1n) is 16.7. The van der Waals surface area contributed by atoms with Gasteiger partial charge in [-0.05, 0) is 87.5 Å². The summed E-state index contributed by atoms with van der Waals surface area (Å²) in [4.78, 5) is 16.8. The van der Waals surface area contributed by atoms with Crippen LogP contribution in [0.4, 0.5) is 17.8 Å². The molecule has 41 heavy (non-hydrogen) atoms. The van der Waals surface area contributed by atoms with Crippen molar-refractivity contribution >= 4 is 17.8 Å². The lowest BCUT2D eigenvalue weighted by atomic mass is 9.79. The summed E-state index contributed by atoms with van der Waals surface area (Å²) < 4.78 is 0. The number of hydrogen-bond donors (Lipinski definition) is 4. The third-order valence-corrected chi connectivity index (χ3v) is 8.78. The van der Waals surface area contributed by atoms with Crippen LogP contribution in [0.5, 0.6) is 0 Å². The lowest BCUT2D eigenvalue weighted by molar-refractivity contribution is 0.157. The van der Waals surface area contributed by atoms with E-state index >= 15 is 0 Å². The second kappa shape index (κ2) is 14.2. The van der Waals surface area contributed by atoms with Gasteiger partial charge >= 0.3 is 0 Å². The molecule has 0 atom stereocenters. The molecule has 0 aromatic carbocycles. The maximum Gasteiger partial charge on any atom is 0.232 e. The van der Waals surface area contributed by atoms with Crippen molar-refractivity contribution in [3.63, 3.8) is 0 Å². The summed E-state index contributed by atoms with van der Waals surface area (Å²) >= 11 is 0.